The topological polar surface area (TPSA) is 17.1 Å². The Morgan fingerprint density at radius 1 is 1.05 bits per heavy atom. The summed E-state index contributed by atoms with van der Waals surface area (Å²) in [7, 11) is 0. The molecule has 96 valence electrons. The Balaban J connectivity index is 1.95. The fraction of sp³-hybridized carbons (Fsp3) is 0.235. The van der Waals surface area contributed by atoms with E-state index in [0.29, 0.717) is 0 Å². The van der Waals surface area contributed by atoms with Gasteiger partial charge in [0.05, 0.1) is 0 Å². The maximum atomic E-state index is 12.7. The number of ketones is 1. The molecule has 1 nitrogen and oxygen atoms in total. The summed E-state index contributed by atoms with van der Waals surface area (Å²) in [5, 5.41) is 0. The SMILES string of the molecule is O=C(c1ccc(Br)cc1)C1CCCc2ccccc21. The highest BCUT2D eigenvalue weighted by Crippen LogP contribution is 2.34. The van der Waals surface area contributed by atoms with Crippen LogP contribution in [-0.4, -0.2) is 5.78 Å². The molecule has 0 bridgehead atoms. The first kappa shape index (κ1) is 12.6. The minimum absolute atomic E-state index is 0.0334. The first-order valence-electron chi connectivity index (χ1n) is 6.63. The van der Waals surface area contributed by atoms with Crippen molar-refractivity contribution in [1.29, 1.82) is 0 Å². The molecule has 0 saturated carbocycles. The highest BCUT2D eigenvalue weighted by atomic mass is 79.9. The maximum Gasteiger partial charge on any atom is 0.170 e. The lowest BCUT2D eigenvalue weighted by Gasteiger charge is -2.24. The molecule has 1 unspecified atom stereocenters. The summed E-state index contributed by atoms with van der Waals surface area (Å²) >= 11 is 3.41. The summed E-state index contributed by atoms with van der Waals surface area (Å²) in [4.78, 5) is 12.7. The first-order valence-corrected chi connectivity index (χ1v) is 7.42. The van der Waals surface area contributed by atoms with Gasteiger partial charge in [0, 0.05) is 16.0 Å². The molecule has 1 aliphatic rings. The molecule has 19 heavy (non-hydrogen) atoms. The van der Waals surface area contributed by atoms with Gasteiger partial charge in [0.25, 0.3) is 0 Å². The van der Waals surface area contributed by atoms with E-state index in [1.54, 1.807) is 0 Å². The summed E-state index contributed by atoms with van der Waals surface area (Å²) in [5.74, 6) is 0.283. The smallest absolute Gasteiger partial charge is 0.170 e. The number of hydrogen-bond acceptors (Lipinski definition) is 1. The van der Waals surface area contributed by atoms with Crippen LogP contribution in [-0.2, 0) is 6.42 Å². The van der Waals surface area contributed by atoms with Gasteiger partial charge in [-0.25, -0.2) is 0 Å². The molecule has 0 aromatic heterocycles. The molecule has 1 atom stereocenters. The van der Waals surface area contributed by atoms with Crippen molar-refractivity contribution in [1.82, 2.24) is 0 Å². The molecule has 3 rings (SSSR count). The lowest BCUT2D eigenvalue weighted by Crippen LogP contribution is -2.18. The number of fused-ring (bicyclic) bond motifs is 1. The zero-order valence-corrected chi connectivity index (χ0v) is 12.2. The van der Waals surface area contributed by atoms with Crippen LogP contribution in [0.1, 0.15) is 40.2 Å². The Bertz CT molecular complexity index is 601. The van der Waals surface area contributed by atoms with E-state index in [2.05, 4.69) is 34.1 Å². The van der Waals surface area contributed by atoms with Gasteiger partial charge in [-0.3, -0.25) is 4.79 Å². The number of benzene rings is 2. The highest BCUT2D eigenvalue weighted by Gasteiger charge is 2.26. The van der Waals surface area contributed by atoms with Gasteiger partial charge < -0.3 is 0 Å². The van der Waals surface area contributed by atoms with Gasteiger partial charge in [0.1, 0.15) is 0 Å². The molecule has 0 amide bonds. The zero-order chi connectivity index (χ0) is 13.2. The van der Waals surface area contributed by atoms with Crippen molar-refractivity contribution in [3.8, 4) is 0 Å². The summed E-state index contributed by atoms with van der Waals surface area (Å²) in [6, 6.07) is 16.0. The van der Waals surface area contributed by atoms with E-state index in [9.17, 15) is 4.79 Å². The summed E-state index contributed by atoms with van der Waals surface area (Å²) in [5.41, 5.74) is 3.37. The molecule has 0 aliphatic heterocycles. The molecular weight excluding hydrogens is 300 g/mol. The summed E-state index contributed by atoms with van der Waals surface area (Å²) < 4.78 is 1.01. The van der Waals surface area contributed by atoms with Crippen LogP contribution < -0.4 is 0 Å². The van der Waals surface area contributed by atoms with Gasteiger partial charge >= 0.3 is 0 Å². The zero-order valence-electron chi connectivity index (χ0n) is 10.6. The molecule has 2 aromatic rings. The molecule has 0 fully saturated rings. The monoisotopic (exact) mass is 314 g/mol. The van der Waals surface area contributed by atoms with E-state index in [1.807, 2.05) is 30.3 Å². The van der Waals surface area contributed by atoms with Gasteiger partial charge in [0.2, 0.25) is 0 Å². The second-order valence-corrected chi connectivity index (χ2v) is 5.93. The summed E-state index contributed by atoms with van der Waals surface area (Å²) in [6.07, 6.45) is 3.16. The second-order valence-electron chi connectivity index (χ2n) is 5.01. The molecule has 0 heterocycles. The van der Waals surface area contributed by atoms with Crippen LogP contribution >= 0.6 is 15.9 Å². The Kier molecular flexibility index (Phi) is 3.52. The van der Waals surface area contributed by atoms with Crippen molar-refractivity contribution in [3.63, 3.8) is 0 Å². The van der Waals surface area contributed by atoms with Gasteiger partial charge in [-0.1, -0.05) is 52.3 Å². The lowest BCUT2D eigenvalue weighted by atomic mass is 9.79. The molecule has 0 radical (unpaired) electrons. The van der Waals surface area contributed by atoms with Gasteiger partial charge in [-0.05, 0) is 42.5 Å². The number of halogens is 1. The van der Waals surface area contributed by atoms with Crippen LogP contribution in [0.15, 0.2) is 53.0 Å². The van der Waals surface area contributed by atoms with Crippen molar-refractivity contribution in [2.24, 2.45) is 0 Å². The lowest BCUT2D eigenvalue weighted by molar-refractivity contribution is 0.0951. The van der Waals surface area contributed by atoms with Crippen LogP contribution in [0.25, 0.3) is 0 Å². The number of Topliss-reactive ketones (excluding diaryl/α,β-unsaturated/α-hetero) is 1. The molecule has 2 heteroatoms. The van der Waals surface area contributed by atoms with Crippen LogP contribution in [0.3, 0.4) is 0 Å². The van der Waals surface area contributed by atoms with Crippen molar-refractivity contribution < 1.29 is 4.79 Å². The number of carbonyl (C=O) groups is 1. The molecule has 1 aliphatic carbocycles. The fourth-order valence-electron chi connectivity index (χ4n) is 2.84. The molecule has 0 saturated heterocycles. The number of rotatable bonds is 2. The van der Waals surface area contributed by atoms with Crippen molar-refractivity contribution in [2.75, 3.05) is 0 Å². The average Bonchev–Trinajstić information content (AvgIpc) is 2.47. The van der Waals surface area contributed by atoms with Crippen LogP contribution in [0, 0.1) is 0 Å². The predicted octanol–water partition coefficient (Wildman–Crippen LogP) is 4.75. The normalized spacial score (nSPS) is 17.8. The Hall–Kier alpha value is -1.41. The first-order chi connectivity index (χ1) is 9.25. The van der Waals surface area contributed by atoms with Crippen molar-refractivity contribution in [3.05, 3.63) is 69.7 Å². The van der Waals surface area contributed by atoms with Crippen LogP contribution in [0.2, 0.25) is 0 Å². The van der Waals surface area contributed by atoms with Gasteiger partial charge in [-0.15, -0.1) is 0 Å². The Labute approximate surface area is 121 Å². The van der Waals surface area contributed by atoms with E-state index < -0.39 is 0 Å². The Morgan fingerprint density at radius 2 is 1.79 bits per heavy atom. The molecule has 0 N–H and O–H groups in total. The van der Waals surface area contributed by atoms with E-state index in [-0.39, 0.29) is 11.7 Å². The minimum atomic E-state index is 0.0334. The molecular formula is C17H15BrO. The standard InChI is InChI=1S/C17H15BrO/c18-14-10-8-13(9-11-14)17(19)16-7-3-5-12-4-1-2-6-15(12)16/h1-2,4,6,8-11,16H,3,5,7H2. The Morgan fingerprint density at radius 3 is 2.58 bits per heavy atom. The van der Waals surface area contributed by atoms with Crippen molar-refractivity contribution >= 4 is 21.7 Å². The second kappa shape index (κ2) is 5.30. The van der Waals surface area contributed by atoms with Gasteiger partial charge in [-0.2, -0.15) is 0 Å². The molecule has 2 aromatic carbocycles. The maximum absolute atomic E-state index is 12.7. The average molecular weight is 315 g/mol. The summed E-state index contributed by atoms with van der Waals surface area (Å²) in [6.45, 7) is 0. The minimum Gasteiger partial charge on any atom is -0.293 e. The number of hydrogen-bond donors (Lipinski definition) is 0. The van der Waals surface area contributed by atoms with E-state index in [0.717, 1.165) is 29.3 Å². The third kappa shape index (κ3) is 2.50. The van der Waals surface area contributed by atoms with Crippen LogP contribution in [0.4, 0.5) is 0 Å². The number of aryl methyl sites for hydroxylation is 1. The van der Waals surface area contributed by atoms with Crippen molar-refractivity contribution in [2.45, 2.75) is 25.2 Å². The third-order valence-electron chi connectivity index (χ3n) is 3.81. The van der Waals surface area contributed by atoms with Crippen LogP contribution in [0.5, 0.6) is 0 Å². The van der Waals surface area contributed by atoms with E-state index in [4.69, 9.17) is 0 Å². The predicted molar refractivity (Wildman–Crippen MR) is 80.6 cm³/mol. The van der Waals surface area contributed by atoms with Gasteiger partial charge in [0.15, 0.2) is 5.78 Å². The van der Waals surface area contributed by atoms with E-state index in [1.165, 1.54) is 11.1 Å². The van der Waals surface area contributed by atoms with E-state index >= 15 is 0 Å². The third-order valence-corrected chi connectivity index (χ3v) is 4.34. The molecule has 0 spiro atoms. The number of carbonyl (C=O) groups excluding carboxylic acids is 1. The highest BCUT2D eigenvalue weighted by molar-refractivity contribution is 9.10. The largest absolute Gasteiger partial charge is 0.293 e. The quantitative estimate of drug-likeness (QED) is 0.731. The fourth-order valence-corrected chi connectivity index (χ4v) is 3.11.